The van der Waals surface area contributed by atoms with Crippen molar-refractivity contribution in [3.05, 3.63) is 106 Å². The lowest BCUT2D eigenvalue weighted by Crippen LogP contribution is -2.44. The van der Waals surface area contributed by atoms with Gasteiger partial charge in [-0.2, -0.15) is 13.2 Å². The van der Waals surface area contributed by atoms with Gasteiger partial charge in [-0.15, -0.1) is 0 Å². The van der Waals surface area contributed by atoms with Crippen LogP contribution in [0, 0.1) is 0 Å². The molecule has 1 saturated heterocycles. The first-order chi connectivity index (χ1) is 19.7. The van der Waals surface area contributed by atoms with Gasteiger partial charge in [0.05, 0.1) is 11.1 Å². The lowest BCUT2D eigenvalue weighted by Gasteiger charge is -2.33. The molecular formula is C33H33F3N4O. The highest BCUT2D eigenvalue weighted by atomic mass is 19.4. The van der Waals surface area contributed by atoms with E-state index in [0.717, 1.165) is 47.6 Å². The number of anilines is 1. The van der Waals surface area contributed by atoms with Crippen LogP contribution in [0.25, 0.3) is 23.1 Å². The summed E-state index contributed by atoms with van der Waals surface area (Å²) in [6.07, 6.45) is 2.02. The maximum absolute atomic E-state index is 14.0. The second-order valence-corrected chi connectivity index (χ2v) is 10.5. The molecule has 8 heteroatoms. The topological polar surface area (TPSA) is 48.5 Å². The molecule has 0 bridgehead atoms. The van der Waals surface area contributed by atoms with Gasteiger partial charge in [0.25, 0.3) is 5.91 Å². The van der Waals surface area contributed by atoms with Gasteiger partial charge in [0.1, 0.15) is 0 Å². The number of likely N-dealkylation sites (N-methyl/N-ethyl adjacent to an activating group) is 1. The lowest BCUT2D eigenvalue weighted by molar-refractivity contribution is -0.138. The smallest absolute Gasteiger partial charge is 0.322 e. The van der Waals surface area contributed by atoms with Gasteiger partial charge < -0.3 is 10.2 Å². The zero-order valence-corrected chi connectivity index (χ0v) is 23.2. The number of alkyl halides is 3. The molecule has 0 aliphatic carbocycles. The van der Waals surface area contributed by atoms with Gasteiger partial charge in [-0.05, 0) is 66.1 Å². The number of hydrogen-bond donors (Lipinski definition) is 1. The Bertz CT molecular complexity index is 1570. The summed E-state index contributed by atoms with van der Waals surface area (Å²) in [4.78, 5) is 21.8. The number of aryl methyl sites for hydroxylation is 1. The van der Waals surface area contributed by atoms with E-state index in [1.54, 1.807) is 24.3 Å². The number of para-hydroxylation sites is 1. The van der Waals surface area contributed by atoms with Crippen LogP contribution < -0.4 is 5.32 Å². The van der Waals surface area contributed by atoms with E-state index in [4.69, 9.17) is 0 Å². The van der Waals surface area contributed by atoms with Gasteiger partial charge in [-0.3, -0.25) is 14.7 Å². The number of carbonyl (C=O) groups is 1. The highest BCUT2D eigenvalue weighted by Gasteiger charge is 2.34. The molecule has 2 heterocycles. The van der Waals surface area contributed by atoms with Crippen molar-refractivity contribution >= 4 is 34.6 Å². The summed E-state index contributed by atoms with van der Waals surface area (Å²) in [5, 5.41) is 3.71. The van der Waals surface area contributed by atoms with E-state index in [1.807, 2.05) is 48.5 Å². The third kappa shape index (κ3) is 7.01. The van der Waals surface area contributed by atoms with Gasteiger partial charge in [0, 0.05) is 55.6 Å². The van der Waals surface area contributed by atoms with E-state index in [0.29, 0.717) is 18.7 Å². The molecule has 0 saturated carbocycles. The Morgan fingerprint density at radius 3 is 2.44 bits per heavy atom. The average Bonchev–Trinajstić information content (AvgIpc) is 2.97. The average molecular weight is 559 g/mol. The first kappa shape index (κ1) is 28.5. The van der Waals surface area contributed by atoms with Gasteiger partial charge >= 0.3 is 6.18 Å². The first-order valence-electron chi connectivity index (χ1n) is 13.8. The number of amides is 1. The van der Waals surface area contributed by atoms with E-state index in [9.17, 15) is 18.0 Å². The molecule has 0 unspecified atom stereocenters. The predicted molar refractivity (Wildman–Crippen MR) is 159 cm³/mol. The molecule has 1 aromatic heterocycles. The van der Waals surface area contributed by atoms with Crippen LogP contribution in [0.2, 0.25) is 0 Å². The van der Waals surface area contributed by atoms with Crippen LogP contribution in [0.15, 0.2) is 72.9 Å². The van der Waals surface area contributed by atoms with Gasteiger partial charge in [-0.25, -0.2) is 0 Å². The summed E-state index contributed by atoms with van der Waals surface area (Å²) in [6, 6.07) is 19.2. The van der Waals surface area contributed by atoms with Crippen molar-refractivity contribution in [1.29, 1.82) is 0 Å². The number of carbonyl (C=O) groups excluding carboxylic acids is 1. The third-order valence-corrected chi connectivity index (χ3v) is 7.48. The van der Waals surface area contributed by atoms with Gasteiger partial charge in [-0.1, -0.05) is 55.5 Å². The molecule has 1 N–H and O–H groups in total. The Labute approximate surface area is 238 Å². The normalized spacial score (nSPS) is 15.0. The van der Waals surface area contributed by atoms with Crippen LogP contribution in [-0.4, -0.2) is 53.9 Å². The van der Waals surface area contributed by atoms with Crippen molar-refractivity contribution in [3.8, 4) is 0 Å². The summed E-state index contributed by atoms with van der Waals surface area (Å²) in [5.41, 5.74) is 3.86. The number of nitrogens with one attached hydrogen (secondary N) is 1. The van der Waals surface area contributed by atoms with Crippen LogP contribution in [0.4, 0.5) is 18.9 Å². The molecule has 212 valence electrons. The quantitative estimate of drug-likeness (QED) is 0.266. The molecule has 1 fully saturated rings. The highest BCUT2D eigenvalue weighted by molar-refractivity contribution is 6.04. The van der Waals surface area contributed by atoms with E-state index in [-0.39, 0.29) is 17.8 Å². The zero-order chi connectivity index (χ0) is 29.0. The molecule has 41 heavy (non-hydrogen) atoms. The number of pyridine rings is 1. The molecule has 0 radical (unpaired) electrons. The van der Waals surface area contributed by atoms with Crippen LogP contribution in [0.5, 0.6) is 0 Å². The summed E-state index contributed by atoms with van der Waals surface area (Å²) in [5.74, 6) is -0.473. The fourth-order valence-corrected chi connectivity index (χ4v) is 5.10. The molecule has 0 atom stereocenters. The Hall–Kier alpha value is -4.01. The number of rotatable bonds is 7. The number of benzene rings is 3. The van der Waals surface area contributed by atoms with Crippen LogP contribution >= 0.6 is 0 Å². The van der Waals surface area contributed by atoms with Crippen molar-refractivity contribution in [2.75, 3.05) is 38.5 Å². The van der Waals surface area contributed by atoms with Crippen molar-refractivity contribution in [3.63, 3.8) is 0 Å². The number of nitrogens with zero attached hydrogens (tertiary/aromatic N) is 3. The van der Waals surface area contributed by atoms with E-state index >= 15 is 0 Å². The van der Waals surface area contributed by atoms with Crippen LogP contribution in [-0.2, 0) is 19.1 Å². The molecule has 1 aliphatic rings. The van der Waals surface area contributed by atoms with Crippen molar-refractivity contribution in [2.24, 2.45) is 0 Å². The minimum Gasteiger partial charge on any atom is -0.322 e. The Morgan fingerprint density at radius 2 is 1.68 bits per heavy atom. The van der Waals surface area contributed by atoms with E-state index in [1.165, 1.54) is 11.6 Å². The Kier molecular flexibility index (Phi) is 8.52. The van der Waals surface area contributed by atoms with Crippen LogP contribution in [0.1, 0.15) is 45.1 Å². The zero-order valence-electron chi connectivity index (χ0n) is 23.2. The molecule has 0 spiro atoms. The fraction of sp³-hybridized carbons (Fsp3) is 0.273. The second-order valence-electron chi connectivity index (χ2n) is 10.5. The summed E-state index contributed by atoms with van der Waals surface area (Å²) in [7, 11) is 2.01. The van der Waals surface area contributed by atoms with Crippen molar-refractivity contribution in [1.82, 2.24) is 14.8 Å². The second kappa shape index (κ2) is 12.2. The maximum Gasteiger partial charge on any atom is 0.416 e. The van der Waals surface area contributed by atoms with Gasteiger partial charge in [0.15, 0.2) is 0 Å². The molecule has 1 aliphatic heterocycles. The molecule has 3 aromatic carbocycles. The number of hydrogen-bond acceptors (Lipinski definition) is 4. The molecule has 4 aromatic rings. The summed E-state index contributed by atoms with van der Waals surface area (Å²) < 4.78 is 41.9. The molecule has 5 nitrogen and oxygen atoms in total. The standard InChI is InChI=1S/C33H33F3N4O/c1-3-25-7-5-8-26-19-24(21-37-31(25)26)11-10-23-6-4-9-27(18-23)32(41)38-29-13-12-28(30(20-29)33(34,35)36)22-40-16-14-39(2)15-17-40/h4-13,18-21H,3,14-17,22H2,1-2H3,(H,38,41)/b11-10-. The summed E-state index contributed by atoms with van der Waals surface area (Å²) in [6.45, 7) is 5.40. The molecular weight excluding hydrogens is 525 g/mol. The van der Waals surface area contributed by atoms with Gasteiger partial charge in [0.2, 0.25) is 0 Å². The van der Waals surface area contributed by atoms with Crippen LogP contribution in [0.3, 0.4) is 0 Å². The van der Waals surface area contributed by atoms with E-state index < -0.39 is 17.6 Å². The molecule has 1 amide bonds. The SMILES string of the molecule is CCc1cccc2cc(/C=C\c3cccc(C(=O)Nc4ccc(CN5CCN(C)CC5)c(C(F)(F)F)c4)c3)cnc12. The minimum atomic E-state index is -4.52. The number of fused-ring (bicyclic) bond motifs is 1. The highest BCUT2D eigenvalue weighted by Crippen LogP contribution is 2.35. The van der Waals surface area contributed by atoms with Crippen molar-refractivity contribution < 1.29 is 18.0 Å². The predicted octanol–water partition coefficient (Wildman–Crippen LogP) is 6.99. The van der Waals surface area contributed by atoms with E-state index in [2.05, 4.69) is 34.3 Å². The van der Waals surface area contributed by atoms with Crippen molar-refractivity contribution in [2.45, 2.75) is 26.1 Å². The number of piperazine rings is 1. The number of aromatic nitrogens is 1. The lowest BCUT2D eigenvalue weighted by atomic mass is 10.0. The Balaban J connectivity index is 1.30. The summed E-state index contributed by atoms with van der Waals surface area (Å²) >= 11 is 0. The Morgan fingerprint density at radius 1 is 0.927 bits per heavy atom. The monoisotopic (exact) mass is 558 g/mol. The fourth-order valence-electron chi connectivity index (χ4n) is 5.10. The minimum absolute atomic E-state index is 0.110. The molecule has 5 rings (SSSR count). The largest absolute Gasteiger partial charge is 0.416 e. The maximum atomic E-state index is 14.0. The third-order valence-electron chi connectivity index (χ3n) is 7.48. The first-order valence-corrected chi connectivity index (χ1v) is 13.8. The number of halogens is 3.